The van der Waals surface area contributed by atoms with Gasteiger partial charge in [0.15, 0.2) is 0 Å². The maximum atomic E-state index is 12.9. The number of hydrogen-bond acceptors (Lipinski definition) is 5. The largest absolute Gasteiger partial charge is 0.457 e. The van der Waals surface area contributed by atoms with Crippen molar-refractivity contribution in [2.24, 2.45) is 0 Å². The third-order valence-corrected chi connectivity index (χ3v) is 6.24. The summed E-state index contributed by atoms with van der Waals surface area (Å²) in [5.41, 5.74) is 0.897. The minimum Gasteiger partial charge on any atom is -0.457 e. The summed E-state index contributed by atoms with van der Waals surface area (Å²) in [4.78, 5) is 12.3. The maximum Gasteiger partial charge on any atom is 0.338 e. The van der Waals surface area contributed by atoms with E-state index in [1.165, 1.54) is 52.8 Å². The molecule has 1 saturated heterocycles. The van der Waals surface area contributed by atoms with Gasteiger partial charge < -0.3 is 9.47 Å². The van der Waals surface area contributed by atoms with Crippen LogP contribution >= 0.6 is 0 Å². The van der Waals surface area contributed by atoms with Crippen molar-refractivity contribution in [3.05, 3.63) is 65.5 Å². The molecule has 1 heterocycles. The first-order valence-electron chi connectivity index (χ1n) is 8.93. The van der Waals surface area contributed by atoms with Crippen molar-refractivity contribution in [3.63, 3.8) is 0 Å². The van der Waals surface area contributed by atoms with Gasteiger partial charge in [-0.25, -0.2) is 17.6 Å². The van der Waals surface area contributed by atoms with Crippen molar-refractivity contribution in [2.45, 2.75) is 37.6 Å². The Bertz CT molecular complexity index is 918. The average Bonchev–Trinajstić information content (AvgIpc) is 2.66. The van der Waals surface area contributed by atoms with E-state index in [9.17, 15) is 17.6 Å². The molecule has 0 saturated carbocycles. The third kappa shape index (κ3) is 4.76. The number of carbonyl (C=O) groups is 1. The lowest BCUT2D eigenvalue weighted by atomic mass is 10.2. The van der Waals surface area contributed by atoms with E-state index in [0.717, 1.165) is 0 Å². The Hall–Kier alpha value is -2.29. The molecule has 0 amide bonds. The van der Waals surface area contributed by atoms with Crippen molar-refractivity contribution in [1.82, 2.24) is 4.31 Å². The fourth-order valence-electron chi connectivity index (χ4n) is 3.05. The van der Waals surface area contributed by atoms with Gasteiger partial charge in [0, 0.05) is 13.1 Å². The quantitative estimate of drug-likeness (QED) is 0.713. The Labute approximate surface area is 163 Å². The standard InChI is InChI=1S/C20H22FNO5S/c1-14-11-22(12-15(2)27-14)28(24,25)19-9-5-17(6-10-19)20(23)26-13-16-3-7-18(21)8-4-16/h3-10,14-15H,11-13H2,1-2H3. The zero-order valence-electron chi connectivity index (χ0n) is 15.7. The van der Waals surface area contributed by atoms with Crippen LogP contribution in [0.5, 0.6) is 0 Å². The Balaban J connectivity index is 1.66. The first kappa shape index (κ1) is 20.4. The van der Waals surface area contributed by atoms with Crippen LogP contribution in [0.2, 0.25) is 0 Å². The van der Waals surface area contributed by atoms with Crippen molar-refractivity contribution in [2.75, 3.05) is 13.1 Å². The van der Waals surface area contributed by atoms with E-state index in [1.54, 1.807) is 0 Å². The monoisotopic (exact) mass is 407 g/mol. The molecule has 6 nitrogen and oxygen atoms in total. The fourth-order valence-corrected chi connectivity index (χ4v) is 4.64. The van der Waals surface area contributed by atoms with Crippen molar-refractivity contribution in [1.29, 1.82) is 0 Å². The number of rotatable bonds is 5. The molecule has 0 bridgehead atoms. The normalized spacial score (nSPS) is 20.7. The summed E-state index contributed by atoms with van der Waals surface area (Å²) in [5.74, 6) is -0.946. The first-order chi connectivity index (χ1) is 13.3. The predicted octanol–water partition coefficient (Wildman–Crippen LogP) is 2.98. The number of ether oxygens (including phenoxy) is 2. The molecule has 0 aliphatic carbocycles. The van der Waals surface area contributed by atoms with E-state index in [2.05, 4.69) is 0 Å². The van der Waals surface area contributed by atoms with Gasteiger partial charge in [-0.15, -0.1) is 0 Å². The lowest BCUT2D eigenvalue weighted by Crippen LogP contribution is -2.48. The van der Waals surface area contributed by atoms with E-state index in [-0.39, 0.29) is 48.2 Å². The van der Waals surface area contributed by atoms with Gasteiger partial charge in [0.05, 0.1) is 22.7 Å². The molecule has 1 fully saturated rings. The molecule has 2 atom stereocenters. The smallest absolute Gasteiger partial charge is 0.338 e. The molecule has 0 radical (unpaired) electrons. The molecule has 2 unspecified atom stereocenters. The van der Waals surface area contributed by atoms with E-state index in [4.69, 9.17) is 9.47 Å². The Kier molecular flexibility index (Phi) is 6.12. The number of carbonyl (C=O) groups excluding carboxylic acids is 1. The van der Waals surface area contributed by atoms with Crippen LogP contribution in [0.4, 0.5) is 4.39 Å². The molecule has 8 heteroatoms. The molecule has 0 spiro atoms. The summed E-state index contributed by atoms with van der Waals surface area (Å²) < 4.78 is 50.7. The molecule has 1 aliphatic heterocycles. The molecule has 0 N–H and O–H groups in total. The summed E-state index contributed by atoms with van der Waals surface area (Å²) >= 11 is 0. The summed E-state index contributed by atoms with van der Waals surface area (Å²) in [6.07, 6.45) is -0.363. The van der Waals surface area contributed by atoms with Crippen LogP contribution in [-0.4, -0.2) is 44.0 Å². The van der Waals surface area contributed by atoms with Gasteiger partial charge in [0.2, 0.25) is 10.0 Å². The fraction of sp³-hybridized carbons (Fsp3) is 0.350. The second-order valence-electron chi connectivity index (χ2n) is 6.81. The van der Waals surface area contributed by atoms with Gasteiger partial charge in [-0.2, -0.15) is 4.31 Å². The van der Waals surface area contributed by atoms with Gasteiger partial charge in [-0.1, -0.05) is 12.1 Å². The lowest BCUT2D eigenvalue weighted by Gasteiger charge is -2.34. The molecule has 150 valence electrons. The molecule has 28 heavy (non-hydrogen) atoms. The van der Waals surface area contributed by atoms with E-state index in [1.807, 2.05) is 13.8 Å². The first-order valence-corrected chi connectivity index (χ1v) is 10.4. The number of esters is 1. The molecule has 1 aliphatic rings. The third-order valence-electron chi connectivity index (χ3n) is 4.40. The molecule has 0 aromatic heterocycles. The summed E-state index contributed by atoms with van der Waals surface area (Å²) in [6.45, 7) is 4.24. The molecule has 2 aromatic rings. The van der Waals surface area contributed by atoms with Crippen LogP contribution in [0.25, 0.3) is 0 Å². The number of benzene rings is 2. The van der Waals surface area contributed by atoms with E-state index in [0.29, 0.717) is 5.56 Å². The minimum absolute atomic E-state index is 0.00270. The molecular weight excluding hydrogens is 385 g/mol. The summed E-state index contributed by atoms with van der Waals surface area (Å²) in [6, 6.07) is 11.3. The van der Waals surface area contributed by atoms with Crippen LogP contribution in [0.3, 0.4) is 0 Å². The van der Waals surface area contributed by atoms with Crippen molar-refractivity contribution < 1.29 is 27.1 Å². The Morgan fingerprint density at radius 3 is 2.21 bits per heavy atom. The van der Waals surface area contributed by atoms with E-state index >= 15 is 0 Å². The summed E-state index contributed by atoms with van der Waals surface area (Å²) in [7, 11) is -3.66. The minimum atomic E-state index is -3.66. The second-order valence-corrected chi connectivity index (χ2v) is 8.74. The zero-order chi connectivity index (χ0) is 20.3. The van der Waals surface area contributed by atoms with Gasteiger partial charge >= 0.3 is 5.97 Å². The SMILES string of the molecule is CC1CN(S(=O)(=O)c2ccc(C(=O)OCc3ccc(F)cc3)cc2)CC(C)O1. The Morgan fingerprint density at radius 1 is 1.07 bits per heavy atom. The number of hydrogen-bond donors (Lipinski definition) is 0. The van der Waals surface area contributed by atoms with Crippen LogP contribution in [0.1, 0.15) is 29.8 Å². The van der Waals surface area contributed by atoms with Gasteiger partial charge in [-0.05, 0) is 55.8 Å². The predicted molar refractivity (Wildman–Crippen MR) is 101 cm³/mol. The summed E-state index contributed by atoms with van der Waals surface area (Å²) in [5, 5.41) is 0. The van der Waals surface area contributed by atoms with Gasteiger partial charge in [0.25, 0.3) is 0 Å². The molecular formula is C20H22FNO5S. The van der Waals surface area contributed by atoms with Gasteiger partial charge in [0.1, 0.15) is 12.4 Å². The highest BCUT2D eigenvalue weighted by Gasteiger charge is 2.32. The van der Waals surface area contributed by atoms with Crippen molar-refractivity contribution >= 4 is 16.0 Å². The molecule has 3 rings (SSSR count). The topological polar surface area (TPSA) is 72.9 Å². The van der Waals surface area contributed by atoms with E-state index < -0.39 is 16.0 Å². The highest BCUT2D eigenvalue weighted by atomic mass is 32.2. The molecule has 2 aromatic carbocycles. The number of morpholine rings is 1. The van der Waals surface area contributed by atoms with Gasteiger partial charge in [-0.3, -0.25) is 0 Å². The number of halogens is 1. The van der Waals surface area contributed by atoms with Crippen LogP contribution in [0, 0.1) is 5.82 Å². The van der Waals surface area contributed by atoms with Crippen molar-refractivity contribution in [3.8, 4) is 0 Å². The van der Waals surface area contributed by atoms with Crippen LogP contribution < -0.4 is 0 Å². The zero-order valence-corrected chi connectivity index (χ0v) is 16.5. The Morgan fingerprint density at radius 2 is 1.64 bits per heavy atom. The highest BCUT2D eigenvalue weighted by Crippen LogP contribution is 2.21. The van der Waals surface area contributed by atoms with Crippen LogP contribution in [0.15, 0.2) is 53.4 Å². The number of sulfonamides is 1. The number of nitrogens with zero attached hydrogens (tertiary/aromatic N) is 1. The maximum absolute atomic E-state index is 12.9. The highest BCUT2D eigenvalue weighted by molar-refractivity contribution is 7.89. The van der Waals surface area contributed by atoms with Crippen LogP contribution in [-0.2, 0) is 26.1 Å². The average molecular weight is 407 g/mol. The second kappa shape index (κ2) is 8.38. The lowest BCUT2D eigenvalue weighted by molar-refractivity contribution is -0.0440.